The minimum absolute atomic E-state index is 0.0145. The lowest BCUT2D eigenvalue weighted by molar-refractivity contribution is 0.104. The zero-order valence-electron chi connectivity index (χ0n) is 14.9. The number of ketones is 1. The fourth-order valence-electron chi connectivity index (χ4n) is 3.20. The first kappa shape index (κ1) is 17.0. The average molecular weight is 365 g/mol. The van der Waals surface area contributed by atoms with E-state index in [1.165, 1.54) is 0 Å². The Kier molecular flexibility index (Phi) is 4.38. The quantitative estimate of drug-likeness (QED) is 0.505. The van der Waals surface area contributed by atoms with Gasteiger partial charge in [0.05, 0.1) is 18.2 Å². The van der Waals surface area contributed by atoms with E-state index in [9.17, 15) is 4.79 Å². The van der Waals surface area contributed by atoms with Gasteiger partial charge < -0.3 is 9.64 Å². The second-order valence-corrected chi connectivity index (χ2v) is 7.54. The third-order valence-electron chi connectivity index (χ3n) is 4.50. The van der Waals surface area contributed by atoms with E-state index < -0.39 is 0 Å². The first-order chi connectivity index (χ1) is 12.6. The van der Waals surface area contributed by atoms with Crippen LogP contribution in [0.1, 0.15) is 15.9 Å². The van der Waals surface area contributed by atoms with Crippen LogP contribution in [0.5, 0.6) is 5.75 Å². The van der Waals surface area contributed by atoms with E-state index >= 15 is 0 Å². The molecule has 0 aliphatic heterocycles. The summed E-state index contributed by atoms with van der Waals surface area (Å²) in [6.07, 6.45) is 3.39. The number of fused-ring (bicyclic) bond motifs is 5. The van der Waals surface area contributed by atoms with E-state index in [0.29, 0.717) is 11.1 Å². The van der Waals surface area contributed by atoms with Crippen LogP contribution >= 0.6 is 11.8 Å². The number of benzene rings is 1. The number of rotatable bonds is 5. The summed E-state index contributed by atoms with van der Waals surface area (Å²) in [4.78, 5) is 24.1. The molecule has 3 aromatic rings. The molecule has 2 heterocycles. The number of pyridine rings is 2. The summed E-state index contributed by atoms with van der Waals surface area (Å²) in [5.41, 5.74) is 4.10. The van der Waals surface area contributed by atoms with Gasteiger partial charge >= 0.3 is 0 Å². The number of hydrogen-bond donors (Lipinski definition) is 0. The lowest BCUT2D eigenvalue weighted by Gasteiger charge is -2.13. The molecule has 26 heavy (non-hydrogen) atoms. The highest BCUT2D eigenvalue weighted by molar-refractivity contribution is 7.99. The Morgan fingerprint density at radius 3 is 2.77 bits per heavy atom. The molecule has 6 heteroatoms. The summed E-state index contributed by atoms with van der Waals surface area (Å²) in [6.45, 7) is 0.917. The van der Waals surface area contributed by atoms with Crippen LogP contribution in [0.15, 0.2) is 41.7 Å². The number of nitrogens with zero attached hydrogens (tertiary/aromatic N) is 3. The van der Waals surface area contributed by atoms with Crippen molar-refractivity contribution in [3.63, 3.8) is 0 Å². The van der Waals surface area contributed by atoms with Crippen LogP contribution < -0.4 is 4.74 Å². The van der Waals surface area contributed by atoms with Gasteiger partial charge in [0.1, 0.15) is 10.8 Å². The minimum Gasteiger partial charge on any atom is -0.497 e. The summed E-state index contributed by atoms with van der Waals surface area (Å²) >= 11 is 1.62. The second-order valence-electron chi connectivity index (χ2n) is 6.45. The standard InChI is InChI=1S/C20H19N3O2S/c1-23(2)8-9-26-20-18-17(13-6-7-21-11-15(13)19(18)24)14-5-4-12(25-3)10-16(14)22-20/h4-7,10-11H,8-9H2,1-3H3. The molecule has 1 aliphatic rings. The van der Waals surface area contributed by atoms with Crippen LogP contribution in [0.4, 0.5) is 0 Å². The Hall–Kier alpha value is -2.44. The molecule has 1 aliphatic carbocycles. The van der Waals surface area contributed by atoms with E-state index in [1.807, 2.05) is 38.4 Å². The number of hydrogen-bond acceptors (Lipinski definition) is 6. The molecule has 0 bridgehead atoms. The largest absolute Gasteiger partial charge is 0.497 e. The number of carbonyl (C=O) groups is 1. The molecule has 0 fully saturated rings. The van der Waals surface area contributed by atoms with Gasteiger partial charge in [0.15, 0.2) is 5.78 Å². The number of ether oxygens (including phenoxy) is 1. The lowest BCUT2D eigenvalue weighted by atomic mass is 10.0. The summed E-state index contributed by atoms with van der Waals surface area (Å²) in [5, 5.41) is 1.75. The molecule has 2 aromatic heterocycles. The zero-order chi connectivity index (χ0) is 18.3. The van der Waals surface area contributed by atoms with Gasteiger partial charge in [-0.25, -0.2) is 4.98 Å². The second kappa shape index (κ2) is 6.70. The van der Waals surface area contributed by atoms with Crippen molar-refractivity contribution in [2.45, 2.75) is 5.03 Å². The fraction of sp³-hybridized carbons (Fsp3) is 0.250. The van der Waals surface area contributed by atoms with Gasteiger partial charge in [0.25, 0.3) is 0 Å². The van der Waals surface area contributed by atoms with Gasteiger partial charge in [0.2, 0.25) is 0 Å². The van der Waals surface area contributed by atoms with E-state index in [0.717, 1.165) is 45.1 Å². The lowest BCUT2D eigenvalue weighted by Crippen LogP contribution is -2.15. The summed E-state index contributed by atoms with van der Waals surface area (Å²) in [6, 6.07) is 7.73. The third-order valence-corrected chi connectivity index (χ3v) is 5.46. The number of aromatic nitrogens is 2. The fourth-order valence-corrected chi connectivity index (χ4v) is 4.35. The topological polar surface area (TPSA) is 55.3 Å². The van der Waals surface area contributed by atoms with Crippen LogP contribution in [-0.4, -0.2) is 54.2 Å². The molecule has 0 atom stereocenters. The molecular weight excluding hydrogens is 346 g/mol. The first-order valence-corrected chi connectivity index (χ1v) is 9.37. The van der Waals surface area contributed by atoms with Crippen molar-refractivity contribution in [3.05, 3.63) is 47.8 Å². The molecule has 5 nitrogen and oxygen atoms in total. The van der Waals surface area contributed by atoms with Crippen molar-refractivity contribution in [2.75, 3.05) is 33.5 Å². The number of carbonyl (C=O) groups excluding carboxylic acids is 1. The highest BCUT2D eigenvalue weighted by Crippen LogP contribution is 2.44. The zero-order valence-corrected chi connectivity index (χ0v) is 15.8. The van der Waals surface area contributed by atoms with Crippen molar-refractivity contribution >= 4 is 28.4 Å². The molecular formula is C20H19N3O2S. The maximum atomic E-state index is 13.0. The molecule has 0 spiro atoms. The van der Waals surface area contributed by atoms with E-state index in [-0.39, 0.29) is 5.78 Å². The highest BCUT2D eigenvalue weighted by atomic mass is 32.2. The number of thioether (sulfide) groups is 1. The molecule has 0 amide bonds. The van der Waals surface area contributed by atoms with E-state index in [4.69, 9.17) is 9.72 Å². The maximum Gasteiger partial charge on any atom is 0.198 e. The van der Waals surface area contributed by atoms with Gasteiger partial charge in [-0.3, -0.25) is 9.78 Å². The molecule has 0 saturated carbocycles. The third kappa shape index (κ3) is 2.75. The first-order valence-electron chi connectivity index (χ1n) is 8.38. The molecule has 0 unspecified atom stereocenters. The van der Waals surface area contributed by atoms with Crippen LogP contribution in [0, 0.1) is 0 Å². The van der Waals surface area contributed by atoms with Gasteiger partial charge in [-0.2, -0.15) is 0 Å². The van der Waals surface area contributed by atoms with Crippen LogP contribution in [0.3, 0.4) is 0 Å². The van der Waals surface area contributed by atoms with E-state index in [1.54, 1.807) is 31.3 Å². The van der Waals surface area contributed by atoms with Crippen LogP contribution in [0.2, 0.25) is 0 Å². The molecule has 4 rings (SSSR count). The van der Waals surface area contributed by atoms with Crippen molar-refractivity contribution in [1.82, 2.24) is 14.9 Å². The maximum absolute atomic E-state index is 13.0. The van der Waals surface area contributed by atoms with Crippen molar-refractivity contribution in [3.8, 4) is 16.9 Å². The monoisotopic (exact) mass is 365 g/mol. The summed E-state index contributed by atoms with van der Waals surface area (Å²) in [5.74, 6) is 1.64. The molecule has 0 saturated heterocycles. The Bertz CT molecular complexity index is 1020. The van der Waals surface area contributed by atoms with Gasteiger partial charge in [-0.1, -0.05) is 0 Å². The molecule has 132 valence electrons. The average Bonchev–Trinajstić information content (AvgIpc) is 2.95. The van der Waals surface area contributed by atoms with Crippen LogP contribution in [0.25, 0.3) is 22.0 Å². The normalized spacial score (nSPS) is 12.5. The SMILES string of the molecule is COc1ccc2c3c(c(SCCN(C)C)nc2c1)C(=O)c1cnccc1-3. The highest BCUT2D eigenvalue weighted by Gasteiger charge is 2.32. The number of methoxy groups -OCH3 is 1. The van der Waals surface area contributed by atoms with Gasteiger partial charge in [-0.05, 0) is 37.9 Å². The smallest absolute Gasteiger partial charge is 0.198 e. The minimum atomic E-state index is 0.0145. The predicted octanol–water partition coefficient (Wildman–Crippen LogP) is 3.50. The Balaban J connectivity index is 1.94. The Morgan fingerprint density at radius 1 is 1.15 bits per heavy atom. The molecule has 0 N–H and O–H groups in total. The Labute approximate surface area is 156 Å². The van der Waals surface area contributed by atoms with Crippen molar-refractivity contribution < 1.29 is 9.53 Å². The van der Waals surface area contributed by atoms with Crippen LogP contribution in [-0.2, 0) is 0 Å². The Morgan fingerprint density at radius 2 is 2.00 bits per heavy atom. The summed E-state index contributed by atoms with van der Waals surface area (Å²) < 4.78 is 5.35. The van der Waals surface area contributed by atoms with Crippen molar-refractivity contribution in [2.24, 2.45) is 0 Å². The van der Waals surface area contributed by atoms with E-state index in [2.05, 4.69) is 9.88 Å². The molecule has 1 aromatic carbocycles. The summed E-state index contributed by atoms with van der Waals surface area (Å²) in [7, 11) is 5.72. The van der Waals surface area contributed by atoms with Gasteiger partial charge in [0, 0.05) is 47.3 Å². The molecule has 0 radical (unpaired) electrons. The van der Waals surface area contributed by atoms with Gasteiger partial charge in [-0.15, -0.1) is 11.8 Å². The predicted molar refractivity (Wildman–Crippen MR) is 104 cm³/mol. The van der Waals surface area contributed by atoms with Crippen molar-refractivity contribution in [1.29, 1.82) is 0 Å².